The molecule has 0 N–H and O–H groups in total. The van der Waals surface area contributed by atoms with Gasteiger partial charge < -0.3 is 51.8 Å². The van der Waals surface area contributed by atoms with E-state index >= 15 is 0 Å². The quantitative estimate of drug-likeness (QED) is 0.0539. The third kappa shape index (κ3) is 13.4. The number of ether oxygens (including phenoxy) is 10. The van der Waals surface area contributed by atoms with Gasteiger partial charge in [0.25, 0.3) is 0 Å². The van der Waals surface area contributed by atoms with Gasteiger partial charge in [0, 0.05) is 14.2 Å². The topological polar surface area (TPSA) is 102 Å². The number of benzene rings is 4. The first-order valence-electron chi connectivity index (χ1n) is 20.7. The van der Waals surface area contributed by atoms with E-state index < -0.39 is 69.7 Å². The summed E-state index contributed by atoms with van der Waals surface area (Å²) in [4.78, 5) is 0. The minimum Gasteiger partial charge on any atom is -0.409 e. The highest BCUT2D eigenvalue weighted by molar-refractivity contribution is 6.69. The second kappa shape index (κ2) is 23.6. The van der Waals surface area contributed by atoms with Crippen LogP contribution in [0, 0.1) is 0 Å². The van der Waals surface area contributed by atoms with Gasteiger partial charge in [-0.05, 0) is 41.9 Å². The normalized spacial score (nSPS) is 27.1. The molecule has 12 heteroatoms. The third-order valence-electron chi connectivity index (χ3n) is 10.2. The van der Waals surface area contributed by atoms with E-state index in [2.05, 4.69) is 26.2 Å². The zero-order valence-corrected chi connectivity index (χ0v) is 36.5. The maximum atomic E-state index is 7.18. The van der Waals surface area contributed by atoms with Crippen molar-refractivity contribution in [1.29, 1.82) is 0 Å². The Bertz CT molecular complexity index is 1780. The first-order valence-corrected chi connectivity index (χ1v) is 24.1. The molecule has 0 aliphatic carbocycles. The van der Waals surface area contributed by atoms with Crippen molar-refractivity contribution < 1.29 is 51.8 Å². The molecule has 324 valence electrons. The molecule has 0 amide bonds. The van der Waals surface area contributed by atoms with E-state index in [1.54, 1.807) is 20.3 Å². The minimum atomic E-state index is -2.17. The van der Waals surface area contributed by atoms with Crippen molar-refractivity contribution in [2.45, 2.75) is 107 Å². The summed E-state index contributed by atoms with van der Waals surface area (Å²) in [6.07, 6.45) is -5.50. The fraction of sp³-hybridized carbons (Fsp3) is 0.458. The molecule has 0 unspecified atom stereocenters. The summed E-state index contributed by atoms with van der Waals surface area (Å²) in [5, 5.41) is 0. The lowest BCUT2D eigenvalue weighted by atomic mass is 9.96. The summed E-state index contributed by atoms with van der Waals surface area (Å²) in [6.45, 7) is 12.2. The summed E-state index contributed by atoms with van der Waals surface area (Å²) in [6, 6.07) is 39.9. The van der Waals surface area contributed by atoms with Crippen LogP contribution < -0.4 is 0 Å². The van der Waals surface area contributed by atoms with Gasteiger partial charge in [-0.3, -0.25) is 0 Å². The number of rotatable bonds is 23. The van der Waals surface area contributed by atoms with Gasteiger partial charge in [0.15, 0.2) is 20.9 Å². The Labute approximate surface area is 356 Å². The molecule has 2 fully saturated rings. The van der Waals surface area contributed by atoms with E-state index in [0.717, 1.165) is 22.3 Å². The first kappa shape index (κ1) is 45.9. The van der Waals surface area contributed by atoms with Crippen molar-refractivity contribution in [2.75, 3.05) is 34.0 Å². The second-order valence-corrected chi connectivity index (χ2v) is 20.4. The Morgan fingerprint density at radius 3 is 1.33 bits per heavy atom. The van der Waals surface area contributed by atoms with Crippen LogP contribution in [0.2, 0.25) is 19.6 Å². The largest absolute Gasteiger partial charge is 0.409 e. The highest BCUT2D eigenvalue weighted by Gasteiger charge is 2.54. The van der Waals surface area contributed by atoms with Crippen LogP contribution >= 0.6 is 0 Å². The van der Waals surface area contributed by atoms with Crippen LogP contribution in [-0.2, 0) is 78.2 Å². The summed E-state index contributed by atoms with van der Waals surface area (Å²) in [7, 11) is 1.14. The molecule has 4 aromatic carbocycles. The predicted molar refractivity (Wildman–Crippen MR) is 230 cm³/mol. The molecule has 0 bridgehead atoms. The van der Waals surface area contributed by atoms with Crippen LogP contribution in [0.4, 0.5) is 0 Å². The molecule has 2 aliphatic rings. The van der Waals surface area contributed by atoms with Crippen molar-refractivity contribution in [3.63, 3.8) is 0 Å². The lowest BCUT2D eigenvalue weighted by Crippen LogP contribution is -2.67. The molecule has 0 saturated carbocycles. The summed E-state index contributed by atoms with van der Waals surface area (Å²) >= 11 is 0. The van der Waals surface area contributed by atoms with Gasteiger partial charge >= 0.3 is 0 Å². The Hall–Kier alpha value is -3.60. The standard InChI is InChI=1S/C48H62O11Si/c1-7-28-53-47-45(54-31-37-24-16-10-17-25-37)43(49-2)41(39(56-47)33-51-29-35-20-12-8-13-21-35)58-48-46(55-32-38-26-18-11-19-27-38)44(50-3)42(59-60(4,5)6)40(57-48)34-52-30-36-22-14-9-15-23-36/h7-27,39-48H,1,28-34H2,2-6H3/t39-,40-,41-,42-,43+,44+,45+,46+,47+,48-/m1/s1. The number of hydrogen-bond donors (Lipinski definition) is 0. The van der Waals surface area contributed by atoms with Crippen LogP contribution in [0.15, 0.2) is 134 Å². The van der Waals surface area contributed by atoms with E-state index in [9.17, 15) is 0 Å². The molecule has 4 aromatic rings. The second-order valence-electron chi connectivity index (χ2n) is 15.9. The number of methoxy groups -OCH3 is 2. The van der Waals surface area contributed by atoms with E-state index in [4.69, 9.17) is 51.8 Å². The molecule has 0 radical (unpaired) electrons. The van der Waals surface area contributed by atoms with Gasteiger partial charge in [0.05, 0.1) is 46.2 Å². The average Bonchev–Trinajstić information content (AvgIpc) is 3.26. The van der Waals surface area contributed by atoms with Gasteiger partial charge in [-0.15, -0.1) is 6.58 Å². The molecule has 10 atom stereocenters. The fourth-order valence-corrected chi connectivity index (χ4v) is 8.56. The summed E-state index contributed by atoms with van der Waals surface area (Å²) in [5.74, 6) is 0. The zero-order chi connectivity index (χ0) is 42.2. The maximum Gasteiger partial charge on any atom is 0.187 e. The lowest BCUT2D eigenvalue weighted by molar-refractivity contribution is -0.370. The van der Waals surface area contributed by atoms with E-state index in [-0.39, 0.29) is 33.0 Å². The zero-order valence-electron chi connectivity index (χ0n) is 35.5. The van der Waals surface area contributed by atoms with Crippen molar-refractivity contribution in [2.24, 2.45) is 0 Å². The summed E-state index contributed by atoms with van der Waals surface area (Å²) in [5.41, 5.74) is 4.05. The highest BCUT2D eigenvalue weighted by atomic mass is 28.4. The van der Waals surface area contributed by atoms with Gasteiger partial charge in [-0.25, -0.2) is 0 Å². The van der Waals surface area contributed by atoms with Crippen LogP contribution in [0.1, 0.15) is 22.3 Å². The van der Waals surface area contributed by atoms with Crippen LogP contribution in [-0.4, -0.2) is 104 Å². The Kier molecular flexibility index (Phi) is 18.0. The van der Waals surface area contributed by atoms with E-state index in [0.29, 0.717) is 13.2 Å². The van der Waals surface area contributed by atoms with Crippen molar-refractivity contribution in [3.8, 4) is 0 Å². The SMILES string of the molecule is C=CCO[C@H]1O[C@H](COCc2ccccc2)[C@@H](O[C@H]2O[C@H](COCc3ccccc3)[C@@H](O[Si](C)(C)C)[C@H](OC)[C@@H]2OCc2ccccc2)[C@H](OC)[C@@H]1OCc1ccccc1. The minimum absolute atomic E-state index is 0.152. The molecular formula is C48H62O11Si. The first-order chi connectivity index (χ1) is 29.3. The molecule has 2 aliphatic heterocycles. The summed E-state index contributed by atoms with van der Waals surface area (Å²) < 4.78 is 72.8. The monoisotopic (exact) mass is 842 g/mol. The average molecular weight is 843 g/mol. The van der Waals surface area contributed by atoms with Crippen molar-refractivity contribution in [3.05, 3.63) is 156 Å². The Morgan fingerprint density at radius 2 is 0.900 bits per heavy atom. The Balaban J connectivity index is 1.34. The molecule has 2 saturated heterocycles. The van der Waals surface area contributed by atoms with Crippen LogP contribution in [0.25, 0.3) is 0 Å². The molecule has 0 spiro atoms. The third-order valence-corrected chi connectivity index (χ3v) is 11.2. The molecule has 60 heavy (non-hydrogen) atoms. The van der Waals surface area contributed by atoms with E-state index in [1.807, 2.05) is 121 Å². The molecule has 2 heterocycles. The van der Waals surface area contributed by atoms with Gasteiger partial charge in [-0.1, -0.05) is 127 Å². The van der Waals surface area contributed by atoms with Gasteiger partial charge in [-0.2, -0.15) is 0 Å². The Morgan fingerprint density at radius 1 is 0.500 bits per heavy atom. The number of hydrogen-bond acceptors (Lipinski definition) is 11. The van der Waals surface area contributed by atoms with E-state index in [1.165, 1.54) is 0 Å². The smallest absolute Gasteiger partial charge is 0.187 e. The van der Waals surface area contributed by atoms with Gasteiger partial charge in [0.2, 0.25) is 0 Å². The van der Waals surface area contributed by atoms with Crippen LogP contribution in [0.3, 0.4) is 0 Å². The van der Waals surface area contributed by atoms with Crippen molar-refractivity contribution >= 4 is 8.32 Å². The molecule has 6 rings (SSSR count). The maximum absolute atomic E-state index is 7.18. The molecule has 11 nitrogen and oxygen atoms in total. The van der Waals surface area contributed by atoms with Gasteiger partial charge in [0.1, 0.15) is 48.8 Å². The predicted octanol–water partition coefficient (Wildman–Crippen LogP) is 7.88. The fourth-order valence-electron chi connectivity index (χ4n) is 7.46. The molecular weight excluding hydrogens is 781 g/mol. The van der Waals surface area contributed by atoms with Crippen molar-refractivity contribution in [1.82, 2.24) is 0 Å². The highest BCUT2D eigenvalue weighted by Crippen LogP contribution is 2.36. The van der Waals surface area contributed by atoms with Crippen LogP contribution in [0.5, 0.6) is 0 Å². The molecule has 0 aromatic heterocycles. The lowest BCUT2D eigenvalue weighted by Gasteiger charge is -2.50.